The highest BCUT2D eigenvalue weighted by Gasteiger charge is 2.18. The molecule has 0 radical (unpaired) electrons. The molecule has 0 aliphatic carbocycles. The number of sulfonamides is 1. The molecule has 0 heterocycles. The molecule has 0 aromatic heterocycles. The maximum absolute atomic E-state index is 12.2. The van der Waals surface area contributed by atoms with Crippen LogP contribution in [0.15, 0.2) is 29.2 Å². The van der Waals surface area contributed by atoms with Crippen LogP contribution in [-0.2, 0) is 16.6 Å². The average Bonchev–Trinajstić information content (AvgIpc) is 2.36. The van der Waals surface area contributed by atoms with Crippen molar-refractivity contribution in [2.45, 2.75) is 58.1 Å². The molecular weight excluding hydrogens is 272 g/mol. The molecule has 20 heavy (non-hydrogen) atoms. The molecule has 0 bridgehead atoms. The lowest BCUT2D eigenvalue weighted by Gasteiger charge is -2.17. The molecule has 0 saturated carbocycles. The fraction of sp³-hybridized carbons (Fsp3) is 0.600. The lowest BCUT2D eigenvalue weighted by molar-refractivity contribution is 0.476. The van der Waals surface area contributed by atoms with E-state index >= 15 is 0 Å². The molecule has 1 aromatic rings. The van der Waals surface area contributed by atoms with Crippen LogP contribution in [0.2, 0.25) is 0 Å². The zero-order valence-corrected chi connectivity index (χ0v) is 13.8. The highest BCUT2D eigenvalue weighted by molar-refractivity contribution is 7.89. The summed E-state index contributed by atoms with van der Waals surface area (Å²) >= 11 is 0. The fourth-order valence-corrected chi connectivity index (χ4v) is 2.95. The summed E-state index contributed by atoms with van der Waals surface area (Å²) in [6.45, 7) is 10.8. The second-order valence-corrected chi connectivity index (χ2v) is 7.55. The van der Waals surface area contributed by atoms with Crippen molar-refractivity contribution in [2.75, 3.05) is 0 Å². The van der Waals surface area contributed by atoms with E-state index in [1.165, 1.54) is 0 Å². The van der Waals surface area contributed by atoms with Crippen LogP contribution in [0.3, 0.4) is 0 Å². The Morgan fingerprint density at radius 3 is 2.00 bits per heavy atom. The largest absolute Gasteiger partial charge is 0.310 e. The van der Waals surface area contributed by atoms with Gasteiger partial charge in [0.2, 0.25) is 10.0 Å². The van der Waals surface area contributed by atoms with Crippen molar-refractivity contribution in [3.8, 4) is 0 Å². The number of hydrogen-bond donors (Lipinski definition) is 2. The number of nitrogens with one attached hydrogen (secondary N) is 2. The first-order chi connectivity index (χ1) is 9.22. The van der Waals surface area contributed by atoms with Crippen molar-refractivity contribution in [1.82, 2.24) is 10.0 Å². The van der Waals surface area contributed by atoms with Crippen LogP contribution in [0.4, 0.5) is 0 Å². The molecule has 2 N–H and O–H groups in total. The standard InChI is InChI=1S/C15H26N2O2S/c1-11(2)13(5)17-20(18,19)15-8-6-14(7-9-15)10-16-12(3)4/h6-9,11-13,16-17H,10H2,1-5H3. The molecule has 1 unspecified atom stereocenters. The smallest absolute Gasteiger partial charge is 0.240 e. The molecule has 1 atom stereocenters. The summed E-state index contributed by atoms with van der Waals surface area (Å²) in [4.78, 5) is 0.318. The van der Waals surface area contributed by atoms with Crippen molar-refractivity contribution in [1.29, 1.82) is 0 Å². The first kappa shape index (κ1) is 17.1. The van der Waals surface area contributed by atoms with E-state index in [0.29, 0.717) is 10.9 Å². The molecule has 114 valence electrons. The maximum Gasteiger partial charge on any atom is 0.240 e. The minimum Gasteiger partial charge on any atom is -0.310 e. The Morgan fingerprint density at radius 2 is 1.55 bits per heavy atom. The maximum atomic E-state index is 12.2. The minimum absolute atomic E-state index is 0.0812. The monoisotopic (exact) mass is 298 g/mol. The Morgan fingerprint density at radius 1 is 1.00 bits per heavy atom. The summed E-state index contributed by atoms with van der Waals surface area (Å²) < 4.78 is 27.1. The highest BCUT2D eigenvalue weighted by atomic mass is 32.2. The van der Waals surface area contributed by atoms with Crippen LogP contribution < -0.4 is 10.0 Å². The quantitative estimate of drug-likeness (QED) is 0.813. The topological polar surface area (TPSA) is 58.2 Å². The predicted molar refractivity (Wildman–Crippen MR) is 83.0 cm³/mol. The van der Waals surface area contributed by atoms with E-state index in [1.54, 1.807) is 12.1 Å². The highest BCUT2D eigenvalue weighted by Crippen LogP contribution is 2.13. The molecular formula is C15H26N2O2S. The number of hydrogen-bond acceptors (Lipinski definition) is 3. The lowest BCUT2D eigenvalue weighted by Crippen LogP contribution is -2.36. The minimum atomic E-state index is -3.42. The van der Waals surface area contributed by atoms with Gasteiger partial charge in [-0.3, -0.25) is 0 Å². The molecule has 5 heteroatoms. The van der Waals surface area contributed by atoms with Crippen molar-refractivity contribution < 1.29 is 8.42 Å². The van der Waals surface area contributed by atoms with Crippen LogP contribution in [0.5, 0.6) is 0 Å². The van der Waals surface area contributed by atoms with E-state index in [2.05, 4.69) is 23.9 Å². The first-order valence-corrected chi connectivity index (χ1v) is 8.55. The molecule has 0 amide bonds. The van der Waals surface area contributed by atoms with Gasteiger partial charge in [-0.1, -0.05) is 39.8 Å². The SMILES string of the molecule is CC(C)NCc1ccc(S(=O)(=O)NC(C)C(C)C)cc1. The summed E-state index contributed by atoms with van der Waals surface area (Å²) in [6.07, 6.45) is 0. The van der Waals surface area contributed by atoms with Crippen molar-refractivity contribution in [2.24, 2.45) is 5.92 Å². The van der Waals surface area contributed by atoms with Gasteiger partial charge in [-0.25, -0.2) is 13.1 Å². The molecule has 1 rings (SSSR count). The zero-order valence-electron chi connectivity index (χ0n) is 13.0. The normalized spacial score (nSPS) is 13.9. The number of rotatable bonds is 7. The Balaban J connectivity index is 2.76. The summed E-state index contributed by atoms with van der Waals surface area (Å²) in [7, 11) is -3.42. The van der Waals surface area contributed by atoms with Gasteiger partial charge < -0.3 is 5.32 Å². The van der Waals surface area contributed by atoms with Crippen LogP contribution in [0.25, 0.3) is 0 Å². The van der Waals surface area contributed by atoms with Gasteiger partial charge in [0.15, 0.2) is 0 Å². The predicted octanol–water partition coefficient (Wildman–Crippen LogP) is 2.51. The first-order valence-electron chi connectivity index (χ1n) is 7.07. The van der Waals surface area contributed by atoms with Gasteiger partial charge in [0.25, 0.3) is 0 Å². The van der Waals surface area contributed by atoms with Crippen LogP contribution >= 0.6 is 0 Å². The van der Waals surface area contributed by atoms with E-state index in [1.807, 2.05) is 32.9 Å². The van der Waals surface area contributed by atoms with Gasteiger partial charge in [0.05, 0.1) is 4.90 Å². The van der Waals surface area contributed by atoms with Crippen LogP contribution in [0, 0.1) is 5.92 Å². The Bertz CT molecular complexity index is 507. The third kappa shape index (κ3) is 5.23. The average molecular weight is 298 g/mol. The lowest BCUT2D eigenvalue weighted by atomic mass is 10.1. The van der Waals surface area contributed by atoms with Crippen molar-refractivity contribution >= 4 is 10.0 Å². The van der Waals surface area contributed by atoms with Gasteiger partial charge in [-0.2, -0.15) is 0 Å². The Hall–Kier alpha value is -0.910. The molecule has 0 fully saturated rings. The van der Waals surface area contributed by atoms with Crippen molar-refractivity contribution in [3.63, 3.8) is 0 Å². The molecule has 0 aliphatic rings. The van der Waals surface area contributed by atoms with E-state index in [0.717, 1.165) is 12.1 Å². The summed E-state index contributed by atoms with van der Waals surface area (Å²) in [5, 5.41) is 3.30. The second kappa shape index (κ2) is 7.20. The number of benzene rings is 1. The van der Waals surface area contributed by atoms with E-state index in [-0.39, 0.29) is 12.0 Å². The van der Waals surface area contributed by atoms with Gasteiger partial charge in [0, 0.05) is 18.6 Å². The fourth-order valence-electron chi connectivity index (χ4n) is 1.56. The third-order valence-electron chi connectivity index (χ3n) is 3.29. The van der Waals surface area contributed by atoms with Crippen molar-refractivity contribution in [3.05, 3.63) is 29.8 Å². The van der Waals surface area contributed by atoms with Gasteiger partial charge in [-0.15, -0.1) is 0 Å². The molecule has 0 aliphatic heterocycles. The summed E-state index contributed by atoms with van der Waals surface area (Å²) in [6, 6.07) is 7.35. The molecule has 0 spiro atoms. The molecule has 4 nitrogen and oxygen atoms in total. The van der Waals surface area contributed by atoms with Gasteiger partial charge >= 0.3 is 0 Å². The second-order valence-electron chi connectivity index (χ2n) is 5.83. The molecule has 0 saturated heterocycles. The Labute approximate surface area is 123 Å². The van der Waals surface area contributed by atoms with E-state index in [9.17, 15) is 8.42 Å². The van der Waals surface area contributed by atoms with E-state index < -0.39 is 10.0 Å². The third-order valence-corrected chi connectivity index (χ3v) is 4.86. The van der Waals surface area contributed by atoms with Gasteiger partial charge in [-0.05, 0) is 30.5 Å². The van der Waals surface area contributed by atoms with E-state index in [4.69, 9.17) is 0 Å². The van der Waals surface area contributed by atoms with Gasteiger partial charge in [0.1, 0.15) is 0 Å². The Kier molecular flexibility index (Phi) is 6.17. The molecule has 1 aromatic carbocycles. The summed E-state index contributed by atoms with van der Waals surface area (Å²) in [5.74, 6) is 0.263. The summed E-state index contributed by atoms with van der Waals surface area (Å²) in [5.41, 5.74) is 1.08. The van der Waals surface area contributed by atoms with Crippen LogP contribution in [-0.4, -0.2) is 20.5 Å². The zero-order chi connectivity index (χ0) is 15.3. The van der Waals surface area contributed by atoms with Crippen LogP contribution in [0.1, 0.15) is 40.2 Å².